The van der Waals surface area contributed by atoms with Crippen molar-refractivity contribution < 1.29 is 67.5 Å². The lowest BCUT2D eigenvalue weighted by molar-refractivity contribution is -0.358. The van der Waals surface area contributed by atoms with Crippen LogP contribution in [-0.4, -0.2) is 60.8 Å². The van der Waals surface area contributed by atoms with Crippen molar-refractivity contribution in [1.82, 2.24) is 0 Å². The van der Waals surface area contributed by atoms with Gasteiger partial charge in [-0.1, -0.05) is 6.58 Å². The summed E-state index contributed by atoms with van der Waals surface area (Å²) in [5.74, 6) is -14.7. The zero-order valence-electron chi connectivity index (χ0n) is 15.5. The number of esters is 2. The molecule has 176 valence electrons. The zero-order chi connectivity index (χ0) is 24.3. The van der Waals surface area contributed by atoms with Crippen LogP contribution in [0.4, 0.5) is 30.7 Å². The van der Waals surface area contributed by atoms with Gasteiger partial charge in [0.1, 0.15) is 0 Å². The lowest BCUT2D eigenvalue weighted by atomic mass is 10.2. The number of carbonyl (C=O) groups excluding carboxylic acids is 2. The minimum Gasteiger partial charge on any atom is -0.743 e. The number of ether oxygens (including phenoxy) is 3. The minimum atomic E-state index is -6.92. The lowest BCUT2D eigenvalue weighted by Crippen LogP contribution is -2.59. The van der Waals surface area contributed by atoms with Gasteiger partial charge in [-0.3, -0.25) is 0 Å². The Balaban J connectivity index is 6.03. The summed E-state index contributed by atoms with van der Waals surface area (Å²) in [7, 11) is -6.92. The van der Waals surface area contributed by atoms with Crippen LogP contribution in [-0.2, 0) is 33.9 Å². The molecular weight excluding hydrogens is 461 g/mol. The largest absolute Gasteiger partial charge is 0.743 e. The number of hydrogen-bond acceptors (Lipinski definition) is 8. The molecule has 30 heavy (non-hydrogen) atoms. The van der Waals surface area contributed by atoms with E-state index in [2.05, 4.69) is 20.8 Å². The summed E-state index contributed by atoms with van der Waals surface area (Å²) in [6.07, 6.45) is -9.71. The van der Waals surface area contributed by atoms with Crippen molar-refractivity contribution in [2.24, 2.45) is 0 Å². The molecule has 0 aromatic heterocycles. The molecule has 1 atom stereocenters. The van der Waals surface area contributed by atoms with Crippen molar-refractivity contribution in [3.63, 3.8) is 0 Å². The molecule has 0 saturated carbocycles. The van der Waals surface area contributed by atoms with Gasteiger partial charge in [-0.2, -0.15) is 30.7 Å². The Labute approximate surface area is 165 Å². The molecule has 0 aliphatic carbocycles. The standard InChI is InChI=1S/C14H17F7O8S/c1-7(2)9(22)29-12(13(17,18)19,10(23)28-8(3)4)27-6-5-11(15,16)14(20,21)30(24,25)26/h8H,1,5-6H2,2-4H3,(H,24,25,26)/p-1. The fourth-order valence-electron chi connectivity index (χ4n) is 1.55. The monoisotopic (exact) mass is 477 g/mol. The van der Waals surface area contributed by atoms with Crippen LogP contribution in [0, 0.1) is 0 Å². The third kappa shape index (κ3) is 6.04. The van der Waals surface area contributed by atoms with E-state index in [1.54, 1.807) is 0 Å². The molecule has 0 rings (SSSR count). The van der Waals surface area contributed by atoms with Gasteiger partial charge in [-0.25, -0.2) is 18.0 Å². The van der Waals surface area contributed by atoms with E-state index < -0.39 is 69.9 Å². The lowest BCUT2D eigenvalue weighted by Gasteiger charge is -2.34. The molecular formula is C14H16F7O8S-. The molecule has 8 nitrogen and oxygen atoms in total. The molecule has 0 spiro atoms. The molecule has 0 heterocycles. The van der Waals surface area contributed by atoms with E-state index in [1.165, 1.54) is 0 Å². The summed E-state index contributed by atoms with van der Waals surface area (Å²) < 4.78 is 137. The van der Waals surface area contributed by atoms with E-state index in [1.807, 2.05) is 0 Å². The van der Waals surface area contributed by atoms with E-state index in [9.17, 15) is 53.3 Å². The number of rotatable bonds is 10. The summed E-state index contributed by atoms with van der Waals surface area (Å²) >= 11 is 0. The van der Waals surface area contributed by atoms with Crippen molar-refractivity contribution >= 4 is 22.1 Å². The summed E-state index contributed by atoms with van der Waals surface area (Å²) in [6, 6.07) is 0. The van der Waals surface area contributed by atoms with Crippen LogP contribution in [0.3, 0.4) is 0 Å². The van der Waals surface area contributed by atoms with Gasteiger partial charge < -0.3 is 18.8 Å². The zero-order valence-corrected chi connectivity index (χ0v) is 16.3. The first-order valence-electron chi connectivity index (χ1n) is 7.64. The molecule has 16 heteroatoms. The molecule has 0 saturated heterocycles. The van der Waals surface area contributed by atoms with Gasteiger partial charge in [-0.15, -0.1) is 0 Å². The van der Waals surface area contributed by atoms with Crippen molar-refractivity contribution in [2.75, 3.05) is 6.61 Å². The Morgan fingerprint density at radius 2 is 1.53 bits per heavy atom. The minimum absolute atomic E-state index is 0.695. The van der Waals surface area contributed by atoms with Gasteiger partial charge in [-0.05, 0) is 20.8 Å². The predicted molar refractivity (Wildman–Crippen MR) is 81.1 cm³/mol. The molecule has 0 fully saturated rings. The highest BCUT2D eigenvalue weighted by atomic mass is 32.2. The van der Waals surface area contributed by atoms with Gasteiger partial charge in [0, 0.05) is 12.0 Å². The second-order valence-corrected chi connectivity index (χ2v) is 7.43. The molecule has 1 unspecified atom stereocenters. The average Bonchev–Trinajstić information content (AvgIpc) is 2.50. The Hall–Kier alpha value is -1.94. The van der Waals surface area contributed by atoms with Crippen molar-refractivity contribution in [3.05, 3.63) is 12.2 Å². The van der Waals surface area contributed by atoms with Gasteiger partial charge in [0.2, 0.25) is 0 Å². The van der Waals surface area contributed by atoms with Gasteiger partial charge in [0.05, 0.1) is 12.7 Å². The van der Waals surface area contributed by atoms with Gasteiger partial charge in [0.25, 0.3) is 0 Å². The summed E-state index contributed by atoms with van der Waals surface area (Å²) in [5, 5.41) is -6.21. The first-order valence-corrected chi connectivity index (χ1v) is 9.05. The van der Waals surface area contributed by atoms with Crippen molar-refractivity contribution in [2.45, 2.75) is 56.4 Å². The van der Waals surface area contributed by atoms with E-state index in [0.29, 0.717) is 0 Å². The third-order valence-electron chi connectivity index (χ3n) is 3.03. The Kier molecular flexibility index (Phi) is 8.47. The third-order valence-corrected chi connectivity index (χ3v) is 3.96. The molecule has 0 bridgehead atoms. The Morgan fingerprint density at radius 1 is 1.07 bits per heavy atom. The molecule has 0 aliphatic heterocycles. The maximum atomic E-state index is 13.5. The van der Waals surface area contributed by atoms with E-state index >= 15 is 0 Å². The average molecular weight is 477 g/mol. The van der Waals surface area contributed by atoms with E-state index in [-0.39, 0.29) is 0 Å². The fraction of sp³-hybridized carbons (Fsp3) is 0.714. The summed E-state index contributed by atoms with van der Waals surface area (Å²) in [5.41, 5.74) is -0.695. The second kappa shape index (κ2) is 9.05. The maximum absolute atomic E-state index is 13.5. The highest BCUT2D eigenvalue weighted by Crippen LogP contribution is 2.42. The number of halogens is 7. The SMILES string of the molecule is C=C(C)C(=O)OC(OCCC(F)(F)C(F)(F)S(=O)(=O)[O-])(C(=O)OC(C)C)C(F)(F)F. The first kappa shape index (κ1) is 28.1. The van der Waals surface area contributed by atoms with Crippen LogP contribution in [0.2, 0.25) is 0 Å². The summed E-state index contributed by atoms with van der Waals surface area (Å²) in [6.45, 7) is 3.81. The van der Waals surface area contributed by atoms with Crippen LogP contribution in [0.5, 0.6) is 0 Å². The fourth-order valence-corrected chi connectivity index (χ4v) is 2.01. The maximum Gasteiger partial charge on any atom is 0.468 e. The van der Waals surface area contributed by atoms with Crippen molar-refractivity contribution in [3.8, 4) is 0 Å². The van der Waals surface area contributed by atoms with Crippen LogP contribution in [0.25, 0.3) is 0 Å². The van der Waals surface area contributed by atoms with Crippen molar-refractivity contribution in [1.29, 1.82) is 0 Å². The number of hydrogen-bond donors (Lipinski definition) is 0. The van der Waals surface area contributed by atoms with Gasteiger partial charge in [0.15, 0.2) is 10.1 Å². The second-order valence-electron chi connectivity index (χ2n) is 6.01. The highest BCUT2D eigenvalue weighted by molar-refractivity contribution is 7.86. The molecule has 0 amide bonds. The van der Waals surface area contributed by atoms with Crippen LogP contribution in [0.15, 0.2) is 12.2 Å². The summed E-state index contributed by atoms with van der Waals surface area (Å²) in [4.78, 5) is 23.5. The molecule has 0 aliphatic rings. The Bertz CT molecular complexity index is 776. The molecule has 0 radical (unpaired) electrons. The van der Waals surface area contributed by atoms with Gasteiger partial charge >= 0.3 is 35.1 Å². The molecule has 0 aromatic carbocycles. The smallest absolute Gasteiger partial charge is 0.468 e. The quantitative estimate of drug-likeness (QED) is 0.155. The topological polar surface area (TPSA) is 119 Å². The van der Waals surface area contributed by atoms with E-state index in [0.717, 1.165) is 20.8 Å². The predicted octanol–water partition coefficient (Wildman–Crippen LogP) is 2.50. The molecule has 0 aromatic rings. The van der Waals surface area contributed by atoms with Crippen LogP contribution >= 0.6 is 0 Å². The normalized spacial score (nSPS) is 15.5. The highest BCUT2D eigenvalue weighted by Gasteiger charge is 2.69. The number of alkyl halides is 7. The van der Waals surface area contributed by atoms with Crippen LogP contribution in [0.1, 0.15) is 27.2 Å². The van der Waals surface area contributed by atoms with E-state index in [4.69, 9.17) is 0 Å². The first-order chi connectivity index (χ1) is 13.1. The Morgan fingerprint density at radius 3 is 1.87 bits per heavy atom. The number of carbonyl (C=O) groups is 2. The molecule has 0 N–H and O–H groups in total. The van der Waals surface area contributed by atoms with Crippen LogP contribution < -0.4 is 0 Å².